The molecule has 2 amide bonds. The second kappa shape index (κ2) is 9.47. The molecule has 0 saturated carbocycles. The maximum Gasteiger partial charge on any atom is 0.416 e. The van der Waals surface area contributed by atoms with Gasteiger partial charge >= 0.3 is 6.18 Å². The fourth-order valence-electron chi connectivity index (χ4n) is 3.36. The summed E-state index contributed by atoms with van der Waals surface area (Å²) in [6.45, 7) is 2.31. The third-order valence-corrected chi connectivity index (χ3v) is 5.24. The van der Waals surface area contributed by atoms with E-state index in [4.69, 9.17) is 0 Å². The quantitative estimate of drug-likeness (QED) is 0.675. The highest BCUT2D eigenvalue weighted by molar-refractivity contribution is 5.94. The Kier molecular flexibility index (Phi) is 6.94. The lowest BCUT2D eigenvalue weighted by atomic mass is 10.1. The normalized spacial score (nSPS) is 15.1. The SMILES string of the molecule is CN(Cc1ccc(F)cc1)C(=O)CN1CCN(C(=O)c2ccc(C(F)(F)F)cc2)CC1. The molecule has 3 rings (SSSR count). The van der Waals surface area contributed by atoms with Gasteiger partial charge in [0.2, 0.25) is 5.91 Å². The van der Waals surface area contributed by atoms with Gasteiger partial charge in [-0.1, -0.05) is 12.1 Å². The van der Waals surface area contributed by atoms with Crippen LogP contribution in [-0.4, -0.2) is 66.3 Å². The molecular weight excluding hydrogens is 414 g/mol. The Morgan fingerprint density at radius 3 is 2.06 bits per heavy atom. The molecule has 0 radical (unpaired) electrons. The Morgan fingerprint density at radius 2 is 1.52 bits per heavy atom. The molecule has 1 aliphatic rings. The number of amides is 2. The minimum Gasteiger partial charge on any atom is -0.340 e. The van der Waals surface area contributed by atoms with E-state index in [1.807, 2.05) is 4.90 Å². The molecule has 0 bridgehead atoms. The van der Waals surface area contributed by atoms with Crippen molar-refractivity contribution in [3.8, 4) is 0 Å². The Balaban J connectivity index is 1.48. The topological polar surface area (TPSA) is 43.9 Å². The second-order valence-electron chi connectivity index (χ2n) is 7.52. The maximum atomic E-state index is 13.0. The number of carbonyl (C=O) groups is 2. The van der Waals surface area contributed by atoms with Crippen molar-refractivity contribution in [1.82, 2.24) is 14.7 Å². The van der Waals surface area contributed by atoms with Crippen LogP contribution in [0.2, 0.25) is 0 Å². The molecule has 0 aliphatic carbocycles. The van der Waals surface area contributed by atoms with Crippen LogP contribution in [0.15, 0.2) is 48.5 Å². The van der Waals surface area contributed by atoms with Gasteiger partial charge in [-0.25, -0.2) is 4.39 Å². The molecule has 1 saturated heterocycles. The molecule has 1 aliphatic heterocycles. The van der Waals surface area contributed by atoms with Crippen LogP contribution in [0.4, 0.5) is 17.6 Å². The van der Waals surface area contributed by atoms with E-state index in [1.165, 1.54) is 24.3 Å². The minimum atomic E-state index is -4.44. The number of nitrogens with zero attached hydrogens (tertiary/aromatic N) is 3. The number of hydrogen-bond donors (Lipinski definition) is 0. The van der Waals surface area contributed by atoms with Gasteiger partial charge in [-0.2, -0.15) is 13.2 Å². The van der Waals surface area contributed by atoms with Crippen LogP contribution in [0, 0.1) is 5.82 Å². The summed E-state index contributed by atoms with van der Waals surface area (Å²) in [5, 5.41) is 0. The number of carbonyl (C=O) groups excluding carboxylic acids is 2. The predicted molar refractivity (Wildman–Crippen MR) is 107 cm³/mol. The number of benzene rings is 2. The summed E-state index contributed by atoms with van der Waals surface area (Å²) < 4.78 is 51.0. The van der Waals surface area contributed by atoms with Crippen molar-refractivity contribution in [3.63, 3.8) is 0 Å². The lowest BCUT2D eigenvalue weighted by Crippen LogP contribution is -2.51. The van der Waals surface area contributed by atoms with Gasteiger partial charge in [0.15, 0.2) is 0 Å². The largest absolute Gasteiger partial charge is 0.416 e. The average molecular weight is 437 g/mol. The smallest absolute Gasteiger partial charge is 0.340 e. The van der Waals surface area contributed by atoms with E-state index in [-0.39, 0.29) is 29.7 Å². The lowest BCUT2D eigenvalue weighted by Gasteiger charge is -2.35. The van der Waals surface area contributed by atoms with Gasteiger partial charge in [-0.3, -0.25) is 14.5 Å². The van der Waals surface area contributed by atoms with Crippen LogP contribution in [0.25, 0.3) is 0 Å². The lowest BCUT2D eigenvalue weighted by molar-refractivity contribution is -0.137. The maximum absolute atomic E-state index is 13.0. The molecule has 0 unspecified atom stereocenters. The first-order chi connectivity index (χ1) is 14.6. The van der Waals surface area contributed by atoms with E-state index in [1.54, 1.807) is 29.0 Å². The Hall–Kier alpha value is -2.94. The molecular formula is C22H23F4N3O2. The van der Waals surface area contributed by atoms with Crippen LogP contribution in [0.5, 0.6) is 0 Å². The van der Waals surface area contributed by atoms with Gasteiger partial charge in [0.05, 0.1) is 12.1 Å². The summed E-state index contributed by atoms with van der Waals surface area (Å²) in [5.41, 5.74) is 0.234. The van der Waals surface area contributed by atoms with Crippen molar-refractivity contribution in [2.75, 3.05) is 39.8 Å². The van der Waals surface area contributed by atoms with E-state index >= 15 is 0 Å². The molecule has 9 heteroatoms. The first-order valence-corrected chi connectivity index (χ1v) is 9.81. The monoisotopic (exact) mass is 437 g/mol. The molecule has 2 aromatic rings. The van der Waals surface area contributed by atoms with E-state index in [2.05, 4.69) is 0 Å². The van der Waals surface area contributed by atoms with Gasteiger partial charge in [-0.15, -0.1) is 0 Å². The molecule has 1 fully saturated rings. The second-order valence-corrected chi connectivity index (χ2v) is 7.52. The van der Waals surface area contributed by atoms with E-state index < -0.39 is 11.7 Å². The zero-order valence-corrected chi connectivity index (χ0v) is 17.0. The molecule has 1 heterocycles. The summed E-state index contributed by atoms with van der Waals surface area (Å²) in [6, 6.07) is 10.1. The zero-order chi connectivity index (χ0) is 22.6. The number of likely N-dealkylation sites (N-methyl/N-ethyl adjacent to an activating group) is 1. The van der Waals surface area contributed by atoms with Crippen molar-refractivity contribution < 1.29 is 27.2 Å². The highest BCUT2D eigenvalue weighted by Crippen LogP contribution is 2.29. The number of halogens is 4. The molecule has 166 valence electrons. The van der Waals surface area contributed by atoms with Crippen LogP contribution < -0.4 is 0 Å². The first-order valence-electron chi connectivity index (χ1n) is 9.81. The summed E-state index contributed by atoms with van der Waals surface area (Å²) in [6.07, 6.45) is -4.44. The van der Waals surface area contributed by atoms with Crippen molar-refractivity contribution in [1.29, 1.82) is 0 Å². The molecule has 0 atom stereocenters. The zero-order valence-electron chi connectivity index (χ0n) is 17.0. The Bertz CT molecular complexity index is 906. The van der Waals surface area contributed by atoms with Crippen LogP contribution >= 0.6 is 0 Å². The fraction of sp³-hybridized carbons (Fsp3) is 0.364. The predicted octanol–water partition coefficient (Wildman–Crippen LogP) is 3.26. The fourth-order valence-corrected chi connectivity index (χ4v) is 3.36. The molecule has 0 spiro atoms. The first kappa shape index (κ1) is 22.7. The average Bonchev–Trinajstić information content (AvgIpc) is 2.75. The number of hydrogen-bond acceptors (Lipinski definition) is 3. The number of rotatable bonds is 5. The molecule has 0 N–H and O–H groups in total. The molecule has 2 aromatic carbocycles. The minimum absolute atomic E-state index is 0.0909. The Morgan fingerprint density at radius 1 is 0.935 bits per heavy atom. The van der Waals surface area contributed by atoms with Crippen molar-refractivity contribution in [2.45, 2.75) is 12.7 Å². The third-order valence-electron chi connectivity index (χ3n) is 5.24. The standard InChI is InChI=1S/C22H23F4N3O2/c1-27(14-16-2-8-19(23)9-3-16)20(30)15-28-10-12-29(13-11-28)21(31)17-4-6-18(7-5-17)22(24,25)26/h2-9H,10-15H2,1H3. The van der Waals surface area contributed by atoms with Gasteiger partial charge in [0.25, 0.3) is 5.91 Å². The summed E-state index contributed by atoms with van der Waals surface area (Å²) in [5.74, 6) is -0.749. The van der Waals surface area contributed by atoms with Gasteiger partial charge < -0.3 is 9.80 Å². The van der Waals surface area contributed by atoms with E-state index in [0.717, 1.165) is 17.7 Å². The highest BCUT2D eigenvalue weighted by Gasteiger charge is 2.31. The van der Waals surface area contributed by atoms with Crippen molar-refractivity contribution >= 4 is 11.8 Å². The van der Waals surface area contributed by atoms with Crippen molar-refractivity contribution in [2.24, 2.45) is 0 Å². The third kappa shape index (κ3) is 6.04. The van der Waals surface area contributed by atoms with Gasteiger partial charge in [0, 0.05) is 45.3 Å². The number of alkyl halides is 3. The van der Waals surface area contributed by atoms with Gasteiger partial charge in [0.1, 0.15) is 5.82 Å². The summed E-state index contributed by atoms with van der Waals surface area (Å²) >= 11 is 0. The van der Waals surface area contributed by atoms with E-state index in [0.29, 0.717) is 32.7 Å². The Labute approximate surface area is 177 Å². The van der Waals surface area contributed by atoms with Crippen LogP contribution in [0.1, 0.15) is 21.5 Å². The number of piperazine rings is 1. The highest BCUT2D eigenvalue weighted by atomic mass is 19.4. The van der Waals surface area contributed by atoms with Crippen molar-refractivity contribution in [3.05, 3.63) is 71.0 Å². The van der Waals surface area contributed by atoms with Gasteiger partial charge in [-0.05, 0) is 42.0 Å². The van der Waals surface area contributed by atoms with Crippen LogP contribution in [-0.2, 0) is 17.5 Å². The van der Waals surface area contributed by atoms with Crippen LogP contribution in [0.3, 0.4) is 0 Å². The summed E-state index contributed by atoms with van der Waals surface area (Å²) in [7, 11) is 1.68. The summed E-state index contributed by atoms with van der Waals surface area (Å²) in [4.78, 5) is 30.1. The molecule has 0 aromatic heterocycles. The van der Waals surface area contributed by atoms with E-state index in [9.17, 15) is 27.2 Å². The molecule has 31 heavy (non-hydrogen) atoms. The molecule has 5 nitrogen and oxygen atoms in total.